The molecule has 2 saturated heterocycles. The van der Waals surface area contributed by atoms with Crippen molar-refractivity contribution in [2.24, 2.45) is 0 Å². The first-order valence-corrected chi connectivity index (χ1v) is 13.1. The van der Waals surface area contributed by atoms with Crippen LogP contribution in [0.3, 0.4) is 0 Å². The predicted octanol–water partition coefficient (Wildman–Crippen LogP) is 2.93. The molecular weight excluding hydrogens is 439 g/mol. The van der Waals surface area contributed by atoms with Crippen LogP contribution in [-0.2, 0) is 9.30 Å². The molecule has 172 valence electrons. The number of H-pyrrole nitrogens is 1. The van der Waals surface area contributed by atoms with E-state index >= 15 is 0 Å². The zero-order valence-electron chi connectivity index (χ0n) is 18.7. The van der Waals surface area contributed by atoms with Crippen molar-refractivity contribution >= 4 is 40.7 Å². The molecule has 0 unspecified atom stereocenters. The number of fused-ring (bicyclic) bond motifs is 1. The van der Waals surface area contributed by atoms with Crippen molar-refractivity contribution in [2.45, 2.75) is 6.04 Å². The molecule has 3 aromatic rings. The highest BCUT2D eigenvalue weighted by atomic mass is 31.2. The quantitative estimate of drug-likeness (QED) is 0.475. The second kappa shape index (κ2) is 8.71. The molecule has 2 aromatic heterocycles. The lowest BCUT2D eigenvalue weighted by atomic mass is 10.2. The SMILES string of the molecule is CNc1cc(Nc2ccc(P3(=O)CCN(C4COC4)CC3)cc2OC)nc2[nH]cc(C#N)c12. The Morgan fingerprint density at radius 1 is 1.27 bits per heavy atom. The standard InChI is InChI=1S/C23H27N6O3P/c1-25-19-10-21(28-23-22(19)15(11-24)12-26-23)27-18-4-3-17(9-20(18)31-2)33(30)7-5-29(6-8-33)16-13-32-14-16/h3-4,9-10,12,16H,5-8,13-14H2,1-2H3,(H3,25,26,27,28). The molecule has 2 aliphatic heterocycles. The fraction of sp³-hybridized carbons (Fsp3) is 0.391. The Morgan fingerprint density at radius 2 is 2.06 bits per heavy atom. The molecule has 3 N–H and O–H groups in total. The summed E-state index contributed by atoms with van der Waals surface area (Å²) in [7, 11) is 0.949. The summed E-state index contributed by atoms with van der Waals surface area (Å²) in [6.45, 7) is 3.25. The van der Waals surface area contributed by atoms with Crippen molar-refractivity contribution in [3.63, 3.8) is 0 Å². The van der Waals surface area contributed by atoms with Crippen LogP contribution in [0.25, 0.3) is 11.0 Å². The van der Waals surface area contributed by atoms with Gasteiger partial charge in [0, 0.05) is 55.7 Å². The average Bonchev–Trinajstić information content (AvgIpc) is 3.22. The van der Waals surface area contributed by atoms with Crippen LogP contribution in [0, 0.1) is 11.3 Å². The number of nitrogens with zero attached hydrogens (tertiary/aromatic N) is 3. The van der Waals surface area contributed by atoms with E-state index in [-0.39, 0.29) is 0 Å². The zero-order chi connectivity index (χ0) is 23.0. The first-order valence-electron chi connectivity index (χ1n) is 11.0. The largest absolute Gasteiger partial charge is 0.495 e. The summed E-state index contributed by atoms with van der Waals surface area (Å²) in [5, 5.41) is 17.4. The molecular formula is C23H27N6O3P. The second-order valence-electron chi connectivity index (χ2n) is 8.42. The number of hydrogen-bond donors (Lipinski definition) is 3. The van der Waals surface area contributed by atoms with Crippen LogP contribution >= 0.6 is 7.14 Å². The van der Waals surface area contributed by atoms with Crippen molar-refractivity contribution in [3.8, 4) is 11.8 Å². The van der Waals surface area contributed by atoms with Crippen LogP contribution in [0.4, 0.5) is 17.2 Å². The number of aromatic nitrogens is 2. The Bertz CT molecular complexity index is 1270. The summed E-state index contributed by atoms with van der Waals surface area (Å²) in [6, 6.07) is 10.3. The number of pyridine rings is 1. The molecule has 0 aliphatic carbocycles. The second-order valence-corrected chi connectivity index (χ2v) is 11.6. The number of benzene rings is 1. The zero-order valence-corrected chi connectivity index (χ0v) is 19.6. The van der Waals surface area contributed by atoms with E-state index in [1.165, 1.54) is 0 Å². The molecule has 5 rings (SSSR count). The lowest BCUT2D eigenvalue weighted by Gasteiger charge is -2.41. The van der Waals surface area contributed by atoms with Gasteiger partial charge < -0.3 is 29.7 Å². The van der Waals surface area contributed by atoms with Gasteiger partial charge in [-0.05, 0) is 18.2 Å². The summed E-state index contributed by atoms with van der Waals surface area (Å²) in [4.78, 5) is 10.1. The lowest BCUT2D eigenvalue weighted by molar-refractivity contribution is -0.0620. The van der Waals surface area contributed by atoms with Crippen LogP contribution in [0.5, 0.6) is 5.75 Å². The van der Waals surface area contributed by atoms with E-state index in [1.54, 1.807) is 13.3 Å². The molecule has 2 fully saturated rings. The number of nitrogens with one attached hydrogen (secondary N) is 3. The van der Waals surface area contributed by atoms with Crippen LogP contribution < -0.4 is 20.7 Å². The number of nitriles is 1. The van der Waals surface area contributed by atoms with Gasteiger partial charge in [0.2, 0.25) is 0 Å². The van der Waals surface area contributed by atoms with Crippen molar-refractivity contribution < 1.29 is 14.0 Å². The minimum absolute atomic E-state index is 0.483. The highest BCUT2D eigenvalue weighted by Gasteiger charge is 2.35. The van der Waals surface area contributed by atoms with Crippen LogP contribution in [0.15, 0.2) is 30.5 Å². The Hall–Kier alpha value is -3.05. The maximum absolute atomic E-state index is 13.7. The van der Waals surface area contributed by atoms with Crippen LogP contribution in [0.2, 0.25) is 0 Å². The van der Waals surface area contributed by atoms with Crippen molar-refractivity contribution in [1.82, 2.24) is 14.9 Å². The first-order chi connectivity index (χ1) is 16.0. The van der Waals surface area contributed by atoms with E-state index in [0.29, 0.717) is 41.1 Å². The molecule has 2 aliphatic rings. The number of ether oxygens (including phenoxy) is 2. The molecule has 9 nitrogen and oxygen atoms in total. The molecule has 0 bridgehead atoms. The minimum Gasteiger partial charge on any atom is -0.495 e. The third kappa shape index (κ3) is 3.95. The van der Waals surface area contributed by atoms with Gasteiger partial charge in [-0.25, -0.2) is 4.98 Å². The summed E-state index contributed by atoms with van der Waals surface area (Å²) < 4.78 is 24.7. The Balaban J connectivity index is 1.39. The Morgan fingerprint density at radius 3 is 2.70 bits per heavy atom. The van der Waals surface area contributed by atoms with Gasteiger partial charge in [0.1, 0.15) is 30.4 Å². The topological polar surface area (TPSA) is 115 Å². The van der Waals surface area contributed by atoms with E-state index in [0.717, 1.165) is 48.4 Å². The summed E-state index contributed by atoms with van der Waals surface area (Å²) in [5.74, 6) is 1.22. The Labute approximate surface area is 192 Å². The Kier molecular flexibility index (Phi) is 5.75. The third-order valence-corrected chi connectivity index (χ3v) is 9.65. The maximum Gasteiger partial charge on any atom is 0.143 e. The normalized spacial score (nSPS) is 18.5. The highest BCUT2D eigenvalue weighted by molar-refractivity contribution is 7.71. The van der Waals surface area contributed by atoms with Gasteiger partial charge in [-0.15, -0.1) is 0 Å². The van der Waals surface area contributed by atoms with Gasteiger partial charge in [0.25, 0.3) is 0 Å². The van der Waals surface area contributed by atoms with E-state index in [2.05, 4.69) is 31.6 Å². The minimum atomic E-state index is -2.47. The molecule has 0 spiro atoms. The summed E-state index contributed by atoms with van der Waals surface area (Å²) in [5.41, 5.74) is 2.68. The van der Waals surface area contributed by atoms with Crippen molar-refractivity contribution in [3.05, 3.63) is 36.0 Å². The van der Waals surface area contributed by atoms with Gasteiger partial charge in [-0.3, -0.25) is 4.90 Å². The fourth-order valence-corrected chi connectivity index (χ4v) is 7.12. The van der Waals surface area contributed by atoms with Gasteiger partial charge in [0.15, 0.2) is 0 Å². The lowest BCUT2D eigenvalue weighted by Crippen LogP contribution is -2.52. The predicted molar refractivity (Wildman–Crippen MR) is 130 cm³/mol. The molecule has 0 radical (unpaired) electrons. The highest BCUT2D eigenvalue weighted by Crippen LogP contribution is 2.48. The van der Waals surface area contributed by atoms with Gasteiger partial charge in [0.05, 0.1) is 43.0 Å². The smallest absolute Gasteiger partial charge is 0.143 e. The molecule has 0 amide bonds. The van der Waals surface area contributed by atoms with Gasteiger partial charge in [-0.1, -0.05) is 0 Å². The third-order valence-electron chi connectivity index (χ3n) is 6.58. The molecule has 33 heavy (non-hydrogen) atoms. The van der Waals surface area contributed by atoms with Gasteiger partial charge >= 0.3 is 0 Å². The monoisotopic (exact) mass is 466 g/mol. The maximum atomic E-state index is 13.7. The van der Waals surface area contributed by atoms with E-state index in [9.17, 15) is 9.83 Å². The van der Waals surface area contributed by atoms with Gasteiger partial charge in [-0.2, -0.15) is 5.26 Å². The fourth-order valence-electron chi connectivity index (χ4n) is 4.52. The number of hydrogen-bond acceptors (Lipinski definition) is 8. The van der Waals surface area contributed by atoms with Crippen LogP contribution in [-0.4, -0.2) is 73.7 Å². The van der Waals surface area contributed by atoms with E-state index < -0.39 is 7.14 Å². The van der Waals surface area contributed by atoms with E-state index in [1.807, 2.05) is 31.3 Å². The number of methoxy groups -OCH3 is 1. The molecule has 0 saturated carbocycles. The number of rotatable bonds is 6. The molecule has 4 heterocycles. The van der Waals surface area contributed by atoms with Crippen molar-refractivity contribution in [2.75, 3.05) is 63.4 Å². The molecule has 0 atom stereocenters. The number of anilines is 3. The van der Waals surface area contributed by atoms with Crippen molar-refractivity contribution in [1.29, 1.82) is 5.26 Å². The van der Waals surface area contributed by atoms with E-state index in [4.69, 9.17) is 9.47 Å². The summed E-state index contributed by atoms with van der Waals surface area (Å²) >= 11 is 0. The molecule has 1 aromatic carbocycles. The summed E-state index contributed by atoms with van der Waals surface area (Å²) in [6.07, 6.45) is 3.01. The average molecular weight is 466 g/mol. The van der Waals surface area contributed by atoms with Crippen LogP contribution in [0.1, 0.15) is 5.56 Å². The molecule has 10 heteroatoms. The first kappa shape index (κ1) is 21.8. The number of aromatic amines is 1.